The maximum atomic E-state index is 14.7. The minimum Gasteiger partial charge on any atom is -0.497 e. The average Bonchev–Trinajstić information content (AvgIpc) is 3.15. The first kappa shape index (κ1) is 39.1. The van der Waals surface area contributed by atoms with E-state index >= 15 is 0 Å². The van der Waals surface area contributed by atoms with Crippen LogP contribution < -0.4 is 9.47 Å². The number of rotatable bonds is 13. The van der Waals surface area contributed by atoms with Gasteiger partial charge in [0, 0.05) is 37.7 Å². The third-order valence-electron chi connectivity index (χ3n) is 9.86. The summed E-state index contributed by atoms with van der Waals surface area (Å²) >= 11 is 12.9. The molecule has 2 unspecified atom stereocenters. The Morgan fingerprint density at radius 3 is 2.37 bits per heavy atom. The number of halogens is 2. The summed E-state index contributed by atoms with van der Waals surface area (Å²) in [6.07, 6.45) is 4.21. The Bertz CT molecular complexity index is 2010. The van der Waals surface area contributed by atoms with Gasteiger partial charge < -0.3 is 24.2 Å². The van der Waals surface area contributed by atoms with Gasteiger partial charge in [-0.3, -0.25) is 13.8 Å². The van der Waals surface area contributed by atoms with Gasteiger partial charge in [-0.25, -0.2) is 0 Å². The lowest BCUT2D eigenvalue weighted by Crippen LogP contribution is -2.43. The van der Waals surface area contributed by atoms with Crippen molar-refractivity contribution < 1.29 is 23.3 Å². The van der Waals surface area contributed by atoms with Crippen molar-refractivity contribution in [1.29, 1.82) is 5.26 Å². The third-order valence-corrected chi connectivity index (χ3v) is 11.6. The van der Waals surface area contributed by atoms with E-state index in [0.29, 0.717) is 27.6 Å². The molecule has 0 radical (unpaired) electrons. The van der Waals surface area contributed by atoms with Crippen LogP contribution in [-0.2, 0) is 15.6 Å². The molecule has 1 aliphatic heterocycles. The summed E-state index contributed by atoms with van der Waals surface area (Å²) in [7, 11) is 5.23. The molecule has 52 heavy (non-hydrogen) atoms. The first-order valence-corrected chi connectivity index (χ1v) is 19.4. The molecule has 4 aromatic carbocycles. The molecule has 0 spiro atoms. The van der Waals surface area contributed by atoms with Gasteiger partial charge in [0.2, 0.25) is 5.91 Å². The Balaban J connectivity index is 1.43. The second kappa shape index (κ2) is 17.6. The molecule has 4 aromatic rings. The van der Waals surface area contributed by atoms with Crippen molar-refractivity contribution in [3.63, 3.8) is 0 Å². The standard InChI is InChI=1S/C40H44Cl2N4O5S/c1-44(2)37(47)25-46(40(48)38-33-9-7-6-8-28(33)20-30(23-43)39(38)51-4)24-29(27-10-13-34(41)35(42)21-27)16-19-45-17-14-26(15-18-45)32-12-11-31(50-3)22-36(32)52(5)49/h6-13,20-22,26,29H,14-19,24-25H2,1-5H3. The number of ether oxygens (including phenoxy) is 2. The molecule has 0 N–H and O–H groups in total. The molecule has 0 aromatic heterocycles. The Kier molecular flexibility index (Phi) is 13.2. The first-order valence-electron chi connectivity index (χ1n) is 17.1. The Hall–Kier alpha value is -4.14. The number of carbonyl (C=O) groups excluding carboxylic acids is 2. The number of likely N-dealkylation sites (N-methyl/N-ethyl adjacent to an activating group) is 1. The molecular weight excluding hydrogens is 719 g/mol. The Morgan fingerprint density at radius 2 is 1.73 bits per heavy atom. The van der Waals surface area contributed by atoms with E-state index in [2.05, 4.69) is 11.0 Å². The summed E-state index contributed by atoms with van der Waals surface area (Å²) in [5.74, 6) is 0.298. The van der Waals surface area contributed by atoms with Crippen molar-refractivity contribution in [2.24, 2.45) is 0 Å². The van der Waals surface area contributed by atoms with Crippen LogP contribution in [-0.4, -0.2) is 98.0 Å². The smallest absolute Gasteiger partial charge is 0.258 e. The van der Waals surface area contributed by atoms with Crippen LogP contribution in [0.2, 0.25) is 10.0 Å². The number of hydrogen-bond donors (Lipinski definition) is 0. The van der Waals surface area contributed by atoms with Gasteiger partial charge in [-0.15, -0.1) is 0 Å². The Morgan fingerprint density at radius 1 is 1.00 bits per heavy atom. The number of piperidine rings is 1. The summed E-state index contributed by atoms with van der Waals surface area (Å²) in [6, 6.07) is 22.6. The molecule has 2 amide bonds. The molecule has 2 atom stereocenters. The van der Waals surface area contributed by atoms with E-state index in [4.69, 9.17) is 32.7 Å². The number of carbonyl (C=O) groups is 2. The number of methoxy groups -OCH3 is 2. The molecule has 1 aliphatic rings. The second-order valence-electron chi connectivity index (χ2n) is 13.3. The fourth-order valence-corrected chi connectivity index (χ4v) is 8.10. The zero-order chi connectivity index (χ0) is 37.5. The number of benzene rings is 4. The predicted octanol–water partition coefficient (Wildman–Crippen LogP) is 7.36. The molecule has 0 saturated carbocycles. The molecular formula is C40H44Cl2N4O5S. The zero-order valence-electron chi connectivity index (χ0n) is 30.2. The van der Waals surface area contributed by atoms with E-state index in [1.807, 2.05) is 54.6 Å². The molecule has 0 bridgehead atoms. The maximum Gasteiger partial charge on any atom is 0.258 e. The predicted molar refractivity (Wildman–Crippen MR) is 207 cm³/mol. The minimum atomic E-state index is -1.14. The van der Waals surface area contributed by atoms with Crippen LogP contribution >= 0.6 is 23.2 Å². The van der Waals surface area contributed by atoms with Gasteiger partial charge in [-0.2, -0.15) is 5.26 Å². The molecule has 274 valence electrons. The number of likely N-dealkylation sites (tertiary alicyclic amines) is 1. The maximum absolute atomic E-state index is 14.7. The molecule has 5 rings (SSSR count). The van der Waals surface area contributed by atoms with Crippen molar-refractivity contribution in [1.82, 2.24) is 14.7 Å². The van der Waals surface area contributed by atoms with Crippen molar-refractivity contribution in [2.75, 3.05) is 67.3 Å². The fourth-order valence-electron chi connectivity index (χ4n) is 6.95. The fraction of sp³-hybridized carbons (Fsp3) is 0.375. The summed E-state index contributed by atoms with van der Waals surface area (Å²) in [5.41, 5.74) is 2.48. The van der Waals surface area contributed by atoms with Crippen LogP contribution in [0.25, 0.3) is 10.8 Å². The minimum absolute atomic E-state index is 0.174. The van der Waals surface area contributed by atoms with E-state index in [9.17, 15) is 19.1 Å². The van der Waals surface area contributed by atoms with Gasteiger partial charge >= 0.3 is 0 Å². The number of nitriles is 1. The summed E-state index contributed by atoms with van der Waals surface area (Å²) in [4.78, 5) is 34.3. The van der Waals surface area contributed by atoms with Crippen LogP contribution in [0.5, 0.6) is 11.5 Å². The van der Waals surface area contributed by atoms with Gasteiger partial charge in [0.25, 0.3) is 5.91 Å². The van der Waals surface area contributed by atoms with E-state index in [-0.39, 0.29) is 47.7 Å². The lowest BCUT2D eigenvalue weighted by Gasteiger charge is -2.35. The average molecular weight is 764 g/mol. The largest absolute Gasteiger partial charge is 0.497 e. The first-order chi connectivity index (χ1) is 24.9. The van der Waals surface area contributed by atoms with Gasteiger partial charge in [0.15, 0.2) is 0 Å². The molecule has 9 nitrogen and oxygen atoms in total. The number of nitrogens with zero attached hydrogens (tertiary/aromatic N) is 4. The topological polar surface area (TPSA) is 103 Å². The van der Waals surface area contributed by atoms with Crippen LogP contribution in [0.1, 0.15) is 58.1 Å². The SMILES string of the molecule is COc1ccc(C2CCN(CCC(CN(CC(=O)N(C)C)C(=O)c3c(OC)c(C#N)cc4ccccc34)c3ccc(Cl)c(Cl)c3)CC2)c(S(C)=O)c1. The van der Waals surface area contributed by atoms with Crippen LogP contribution in [0.4, 0.5) is 0 Å². The quantitative estimate of drug-likeness (QED) is 0.140. The highest BCUT2D eigenvalue weighted by Crippen LogP contribution is 2.37. The molecule has 12 heteroatoms. The summed E-state index contributed by atoms with van der Waals surface area (Å²) < 4.78 is 23.7. The molecule has 1 heterocycles. The van der Waals surface area contributed by atoms with Crippen LogP contribution in [0.15, 0.2) is 71.6 Å². The summed E-state index contributed by atoms with van der Waals surface area (Å²) in [6.45, 7) is 2.48. The zero-order valence-corrected chi connectivity index (χ0v) is 32.5. The number of amides is 2. The van der Waals surface area contributed by atoms with Gasteiger partial charge in [0.05, 0.1) is 46.2 Å². The lowest BCUT2D eigenvalue weighted by atomic mass is 9.88. The molecule has 1 fully saturated rings. The molecule has 0 aliphatic carbocycles. The van der Waals surface area contributed by atoms with Crippen molar-refractivity contribution >= 4 is 56.6 Å². The highest BCUT2D eigenvalue weighted by Gasteiger charge is 2.30. The van der Waals surface area contributed by atoms with Crippen LogP contribution in [0, 0.1) is 11.3 Å². The third kappa shape index (κ3) is 8.89. The molecule has 1 saturated heterocycles. The number of fused-ring (bicyclic) bond motifs is 1. The van der Waals surface area contributed by atoms with Crippen LogP contribution in [0.3, 0.4) is 0 Å². The second-order valence-corrected chi connectivity index (χ2v) is 15.4. The van der Waals surface area contributed by atoms with E-state index in [0.717, 1.165) is 53.9 Å². The monoisotopic (exact) mass is 762 g/mol. The Labute approximate surface area is 318 Å². The normalized spacial score (nSPS) is 14.7. The summed E-state index contributed by atoms with van der Waals surface area (Å²) in [5, 5.41) is 12.2. The van der Waals surface area contributed by atoms with Gasteiger partial charge in [-0.1, -0.05) is 59.6 Å². The van der Waals surface area contributed by atoms with Crippen molar-refractivity contribution in [3.05, 3.63) is 99.0 Å². The van der Waals surface area contributed by atoms with Crippen molar-refractivity contribution in [3.8, 4) is 17.6 Å². The highest BCUT2D eigenvalue weighted by molar-refractivity contribution is 7.84. The number of hydrogen-bond acceptors (Lipinski definition) is 7. The lowest BCUT2D eigenvalue weighted by molar-refractivity contribution is -0.129. The highest BCUT2D eigenvalue weighted by atomic mass is 35.5. The van der Waals surface area contributed by atoms with E-state index in [1.165, 1.54) is 12.0 Å². The van der Waals surface area contributed by atoms with Crippen molar-refractivity contribution in [2.45, 2.75) is 36.0 Å². The van der Waals surface area contributed by atoms with E-state index < -0.39 is 16.7 Å². The van der Waals surface area contributed by atoms with Gasteiger partial charge in [-0.05, 0) is 97.0 Å². The van der Waals surface area contributed by atoms with Gasteiger partial charge in [0.1, 0.15) is 24.1 Å². The van der Waals surface area contributed by atoms with E-state index in [1.54, 1.807) is 44.5 Å².